The summed E-state index contributed by atoms with van der Waals surface area (Å²) < 4.78 is 5.56. The third-order valence-corrected chi connectivity index (χ3v) is 3.42. The minimum Gasteiger partial charge on any atom is -0.493 e. The topological polar surface area (TPSA) is 81.5 Å². The van der Waals surface area contributed by atoms with E-state index in [-0.39, 0.29) is 16.6 Å². The normalized spacial score (nSPS) is 10.5. The summed E-state index contributed by atoms with van der Waals surface area (Å²) in [5.41, 5.74) is 0.610. The fourth-order valence-electron chi connectivity index (χ4n) is 1.88. The second-order valence-corrected chi connectivity index (χ2v) is 6.01. The van der Waals surface area contributed by atoms with Crippen LogP contribution in [0.1, 0.15) is 24.2 Å². The van der Waals surface area contributed by atoms with E-state index in [0.29, 0.717) is 29.5 Å². The molecule has 0 saturated heterocycles. The van der Waals surface area contributed by atoms with Gasteiger partial charge < -0.3 is 10.1 Å². The maximum absolute atomic E-state index is 12.2. The molecule has 2 aromatic carbocycles. The van der Waals surface area contributed by atoms with Crippen molar-refractivity contribution in [3.8, 4) is 5.75 Å². The first-order valence-electron chi connectivity index (χ1n) is 7.35. The Morgan fingerprint density at radius 1 is 1.25 bits per heavy atom. The van der Waals surface area contributed by atoms with E-state index in [1.54, 1.807) is 24.3 Å². The lowest BCUT2D eigenvalue weighted by molar-refractivity contribution is -0.384. The molecule has 0 saturated carbocycles. The van der Waals surface area contributed by atoms with Gasteiger partial charge in [0.2, 0.25) is 0 Å². The van der Waals surface area contributed by atoms with E-state index in [0.717, 1.165) is 0 Å². The number of non-ortho nitro benzene ring substituents is 1. The number of anilines is 1. The molecule has 0 heterocycles. The minimum absolute atomic E-state index is 0.106. The lowest BCUT2D eigenvalue weighted by atomic mass is 10.2. The monoisotopic (exact) mass is 348 g/mol. The number of ether oxygens (including phenoxy) is 1. The van der Waals surface area contributed by atoms with Gasteiger partial charge in [0, 0.05) is 17.7 Å². The molecule has 0 radical (unpaired) electrons. The number of benzene rings is 2. The number of nitrogens with one attached hydrogen (secondary N) is 1. The van der Waals surface area contributed by atoms with Gasteiger partial charge in [-0.2, -0.15) is 0 Å². The largest absolute Gasteiger partial charge is 0.493 e. The second-order valence-electron chi connectivity index (χ2n) is 5.60. The van der Waals surface area contributed by atoms with E-state index in [4.69, 9.17) is 16.3 Å². The highest BCUT2D eigenvalue weighted by molar-refractivity contribution is 6.34. The molecule has 7 heteroatoms. The van der Waals surface area contributed by atoms with Gasteiger partial charge in [0.1, 0.15) is 5.75 Å². The maximum atomic E-state index is 12.2. The first-order chi connectivity index (χ1) is 11.4. The zero-order valence-electron chi connectivity index (χ0n) is 13.3. The lowest BCUT2D eigenvalue weighted by Crippen LogP contribution is -2.12. The van der Waals surface area contributed by atoms with Crippen molar-refractivity contribution in [2.24, 2.45) is 5.92 Å². The van der Waals surface area contributed by atoms with Crippen molar-refractivity contribution in [2.75, 3.05) is 11.9 Å². The van der Waals surface area contributed by atoms with E-state index in [1.807, 2.05) is 0 Å². The molecule has 24 heavy (non-hydrogen) atoms. The zero-order valence-corrected chi connectivity index (χ0v) is 14.0. The van der Waals surface area contributed by atoms with Crippen LogP contribution in [0.2, 0.25) is 5.02 Å². The van der Waals surface area contributed by atoms with Gasteiger partial charge in [-0.3, -0.25) is 14.9 Å². The Hall–Kier alpha value is -2.60. The Morgan fingerprint density at radius 2 is 1.92 bits per heavy atom. The molecule has 1 N–H and O–H groups in total. The molecule has 1 amide bonds. The summed E-state index contributed by atoms with van der Waals surface area (Å²) in [5, 5.41) is 13.4. The van der Waals surface area contributed by atoms with Crippen LogP contribution in [0.4, 0.5) is 11.4 Å². The molecule has 0 bridgehead atoms. The summed E-state index contributed by atoms with van der Waals surface area (Å²) in [6.07, 6.45) is 0. The molecule has 6 nitrogen and oxygen atoms in total. The molecule has 0 unspecified atom stereocenters. The fraction of sp³-hybridized carbons (Fsp3) is 0.235. The first-order valence-corrected chi connectivity index (χ1v) is 7.72. The Morgan fingerprint density at radius 3 is 2.46 bits per heavy atom. The average molecular weight is 349 g/mol. The molecular formula is C17H17ClN2O4. The van der Waals surface area contributed by atoms with Gasteiger partial charge in [-0.1, -0.05) is 25.4 Å². The Labute approximate surface area is 144 Å². The van der Waals surface area contributed by atoms with Crippen molar-refractivity contribution in [1.29, 1.82) is 0 Å². The van der Waals surface area contributed by atoms with Crippen LogP contribution < -0.4 is 10.1 Å². The summed E-state index contributed by atoms with van der Waals surface area (Å²) in [6.45, 7) is 4.70. The Bertz CT molecular complexity index is 745. The number of halogens is 1. The van der Waals surface area contributed by atoms with Crippen molar-refractivity contribution in [3.63, 3.8) is 0 Å². The van der Waals surface area contributed by atoms with E-state index in [2.05, 4.69) is 19.2 Å². The number of hydrogen-bond donors (Lipinski definition) is 1. The van der Waals surface area contributed by atoms with Crippen LogP contribution in [0.15, 0.2) is 42.5 Å². The molecule has 0 atom stereocenters. The maximum Gasteiger partial charge on any atom is 0.271 e. The second kappa shape index (κ2) is 7.79. The number of carbonyl (C=O) groups is 1. The molecule has 2 rings (SSSR count). The summed E-state index contributed by atoms with van der Waals surface area (Å²) in [4.78, 5) is 22.4. The third kappa shape index (κ3) is 4.70. The summed E-state index contributed by atoms with van der Waals surface area (Å²) >= 11 is 5.96. The minimum atomic E-state index is -0.548. The van der Waals surface area contributed by atoms with Crippen LogP contribution in [-0.2, 0) is 0 Å². The van der Waals surface area contributed by atoms with Crippen molar-refractivity contribution in [3.05, 3.63) is 63.2 Å². The molecule has 2 aromatic rings. The van der Waals surface area contributed by atoms with Gasteiger partial charge in [0.05, 0.1) is 22.2 Å². The highest BCUT2D eigenvalue weighted by Crippen LogP contribution is 2.27. The van der Waals surface area contributed by atoms with Gasteiger partial charge in [0.15, 0.2) is 0 Å². The smallest absolute Gasteiger partial charge is 0.271 e. The molecule has 0 fully saturated rings. The van der Waals surface area contributed by atoms with Gasteiger partial charge in [0.25, 0.3) is 11.6 Å². The number of hydrogen-bond acceptors (Lipinski definition) is 4. The quantitative estimate of drug-likeness (QED) is 0.614. The standard InChI is InChI=1S/C17H17ClN2O4/c1-11(2)10-24-14-6-3-12(4-7-14)17(21)19-16-8-5-13(20(22)23)9-15(16)18/h3-9,11H,10H2,1-2H3,(H,19,21). The summed E-state index contributed by atoms with van der Waals surface area (Å²) in [6, 6.07) is 10.6. The van der Waals surface area contributed by atoms with Gasteiger partial charge >= 0.3 is 0 Å². The molecule has 0 aliphatic carbocycles. The Balaban J connectivity index is 2.05. The lowest BCUT2D eigenvalue weighted by Gasteiger charge is -2.10. The number of nitrogens with zero attached hydrogens (tertiary/aromatic N) is 1. The predicted molar refractivity (Wildman–Crippen MR) is 92.8 cm³/mol. The highest BCUT2D eigenvalue weighted by Gasteiger charge is 2.12. The number of rotatable bonds is 6. The number of amides is 1. The molecule has 0 aliphatic heterocycles. The van der Waals surface area contributed by atoms with Gasteiger partial charge in [-0.15, -0.1) is 0 Å². The van der Waals surface area contributed by atoms with Crippen molar-refractivity contribution in [2.45, 2.75) is 13.8 Å². The predicted octanol–water partition coefficient (Wildman–Crippen LogP) is 4.54. The molecule has 126 valence electrons. The molecule has 0 spiro atoms. The summed E-state index contributed by atoms with van der Waals surface area (Å²) in [5.74, 6) is 0.743. The van der Waals surface area contributed by atoms with Crippen LogP contribution >= 0.6 is 11.6 Å². The van der Waals surface area contributed by atoms with Crippen LogP contribution in [-0.4, -0.2) is 17.4 Å². The fourth-order valence-corrected chi connectivity index (χ4v) is 2.10. The van der Waals surface area contributed by atoms with Crippen molar-refractivity contribution < 1.29 is 14.5 Å². The van der Waals surface area contributed by atoms with Gasteiger partial charge in [-0.25, -0.2) is 0 Å². The molecule has 0 aliphatic rings. The van der Waals surface area contributed by atoms with Crippen LogP contribution in [0.25, 0.3) is 0 Å². The highest BCUT2D eigenvalue weighted by atomic mass is 35.5. The number of carbonyl (C=O) groups excluding carboxylic acids is 1. The van der Waals surface area contributed by atoms with Crippen molar-refractivity contribution in [1.82, 2.24) is 0 Å². The number of nitro benzene ring substituents is 1. The average Bonchev–Trinajstić information content (AvgIpc) is 2.55. The van der Waals surface area contributed by atoms with Crippen molar-refractivity contribution >= 4 is 28.9 Å². The van der Waals surface area contributed by atoms with Gasteiger partial charge in [-0.05, 0) is 36.2 Å². The zero-order chi connectivity index (χ0) is 17.7. The summed E-state index contributed by atoms with van der Waals surface area (Å²) in [7, 11) is 0. The SMILES string of the molecule is CC(C)COc1ccc(C(=O)Nc2ccc([N+](=O)[O-])cc2Cl)cc1. The van der Waals surface area contributed by atoms with E-state index < -0.39 is 4.92 Å². The van der Waals surface area contributed by atoms with Crippen LogP contribution in [0.3, 0.4) is 0 Å². The van der Waals surface area contributed by atoms with Crippen LogP contribution in [0.5, 0.6) is 5.75 Å². The first kappa shape index (κ1) is 17.7. The van der Waals surface area contributed by atoms with E-state index >= 15 is 0 Å². The third-order valence-electron chi connectivity index (χ3n) is 3.11. The van der Waals surface area contributed by atoms with Crippen LogP contribution in [0, 0.1) is 16.0 Å². The molecular weight excluding hydrogens is 332 g/mol. The Kier molecular flexibility index (Phi) is 5.76. The molecule has 0 aromatic heterocycles. The van der Waals surface area contributed by atoms with E-state index in [1.165, 1.54) is 18.2 Å². The number of nitro groups is 1. The van der Waals surface area contributed by atoms with E-state index in [9.17, 15) is 14.9 Å².